The number of hydrogen-bond donors (Lipinski definition) is 1. The molecule has 0 aromatic carbocycles. The molecule has 1 saturated heterocycles. The molecule has 7 nitrogen and oxygen atoms in total. The molecule has 0 unspecified atom stereocenters. The van der Waals surface area contributed by atoms with Gasteiger partial charge in [-0.2, -0.15) is 0 Å². The number of ether oxygens (including phenoxy) is 1. The van der Waals surface area contributed by atoms with Crippen LogP contribution >= 0.6 is 0 Å². The van der Waals surface area contributed by atoms with Gasteiger partial charge in [0.15, 0.2) is 5.78 Å². The van der Waals surface area contributed by atoms with Crippen LogP contribution in [0, 0.1) is 5.92 Å². The van der Waals surface area contributed by atoms with Crippen LogP contribution in [-0.4, -0.2) is 38.4 Å². The first-order chi connectivity index (χ1) is 9.67. The van der Waals surface area contributed by atoms with Crippen LogP contribution in [0.4, 0.5) is 0 Å². The lowest BCUT2D eigenvalue weighted by Crippen LogP contribution is -2.50. The van der Waals surface area contributed by atoms with Crippen LogP contribution in [0.25, 0.3) is 0 Å². The van der Waals surface area contributed by atoms with Crippen molar-refractivity contribution in [3.63, 3.8) is 0 Å². The number of esters is 1. The molecular weight excluding hydrogens is 272 g/mol. The molecule has 2 rings (SSSR count). The summed E-state index contributed by atoms with van der Waals surface area (Å²) in [6.07, 6.45) is 2.01. The normalized spacial score (nSPS) is 26.7. The Morgan fingerprint density at radius 1 is 1.48 bits per heavy atom. The van der Waals surface area contributed by atoms with Crippen molar-refractivity contribution in [1.29, 1.82) is 0 Å². The molecule has 2 heterocycles. The summed E-state index contributed by atoms with van der Waals surface area (Å²) in [5.41, 5.74) is -0.0545. The second-order valence-electron chi connectivity index (χ2n) is 6.54. The summed E-state index contributed by atoms with van der Waals surface area (Å²) in [5.74, 6) is -1.51. The number of rotatable bonds is 2. The number of nitrogens with zero attached hydrogens (tertiary/aromatic N) is 3. The van der Waals surface area contributed by atoms with Crippen molar-refractivity contribution in [2.75, 3.05) is 0 Å². The minimum atomic E-state index is -0.878. The van der Waals surface area contributed by atoms with Gasteiger partial charge in [0.05, 0.1) is 6.04 Å². The van der Waals surface area contributed by atoms with E-state index in [1.165, 1.54) is 0 Å². The first-order valence-corrected chi connectivity index (χ1v) is 7.05. The smallest absolute Gasteiger partial charge is 0.319 e. The van der Waals surface area contributed by atoms with Crippen molar-refractivity contribution >= 4 is 11.8 Å². The summed E-state index contributed by atoms with van der Waals surface area (Å²) in [5, 5.41) is 11.2. The molecule has 21 heavy (non-hydrogen) atoms. The highest BCUT2D eigenvalue weighted by Crippen LogP contribution is 2.30. The summed E-state index contributed by atoms with van der Waals surface area (Å²) >= 11 is 0. The van der Waals surface area contributed by atoms with Crippen molar-refractivity contribution in [3.8, 4) is 0 Å². The highest BCUT2D eigenvalue weighted by Gasteiger charge is 2.43. The second-order valence-corrected chi connectivity index (χ2v) is 6.54. The molecule has 0 aliphatic carbocycles. The number of carbonyl (C=O) groups excluding carboxylic acids is 2. The molecule has 0 spiro atoms. The minimum Gasteiger partial charge on any atom is -0.459 e. The van der Waals surface area contributed by atoms with E-state index in [9.17, 15) is 9.59 Å². The Morgan fingerprint density at radius 2 is 2.14 bits per heavy atom. The van der Waals surface area contributed by atoms with E-state index < -0.39 is 23.5 Å². The zero-order chi connectivity index (χ0) is 15.8. The Balaban J connectivity index is 2.29. The van der Waals surface area contributed by atoms with Gasteiger partial charge < -0.3 is 10.1 Å². The summed E-state index contributed by atoms with van der Waals surface area (Å²) in [6.45, 7) is 7.26. The predicted octanol–water partition coefficient (Wildman–Crippen LogP) is 0.765. The topological polar surface area (TPSA) is 86.1 Å². The van der Waals surface area contributed by atoms with E-state index in [1.54, 1.807) is 38.7 Å². The van der Waals surface area contributed by atoms with E-state index in [4.69, 9.17) is 4.74 Å². The maximum Gasteiger partial charge on any atom is 0.319 e. The van der Waals surface area contributed by atoms with E-state index in [0.29, 0.717) is 12.1 Å². The van der Waals surface area contributed by atoms with Gasteiger partial charge in [0.25, 0.3) is 0 Å². The van der Waals surface area contributed by atoms with Crippen molar-refractivity contribution in [3.05, 3.63) is 11.9 Å². The maximum absolute atomic E-state index is 12.4. The number of nitrogens with one attached hydrogen (secondary N) is 1. The van der Waals surface area contributed by atoms with Crippen molar-refractivity contribution in [1.82, 2.24) is 20.3 Å². The quantitative estimate of drug-likeness (QED) is 0.640. The lowest BCUT2D eigenvalue weighted by atomic mass is 9.85. The summed E-state index contributed by atoms with van der Waals surface area (Å²) in [4.78, 5) is 24.7. The third-order valence-electron chi connectivity index (χ3n) is 3.25. The molecule has 0 saturated carbocycles. The van der Waals surface area contributed by atoms with Crippen LogP contribution in [0.1, 0.15) is 45.9 Å². The van der Waals surface area contributed by atoms with Gasteiger partial charge in [0.1, 0.15) is 17.2 Å². The average molecular weight is 294 g/mol. The molecule has 3 atom stereocenters. The molecule has 1 aromatic rings. The fraction of sp³-hybridized carbons (Fsp3) is 0.714. The van der Waals surface area contributed by atoms with Gasteiger partial charge in [-0.3, -0.25) is 14.3 Å². The zero-order valence-electron chi connectivity index (χ0n) is 13.1. The van der Waals surface area contributed by atoms with E-state index in [2.05, 4.69) is 15.6 Å². The van der Waals surface area contributed by atoms with E-state index >= 15 is 0 Å². The average Bonchev–Trinajstić information content (AvgIpc) is 2.72. The second kappa shape index (κ2) is 5.55. The Kier molecular flexibility index (Phi) is 4.13. The van der Waals surface area contributed by atoms with Gasteiger partial charge in [-0.15, -0.1) is 5.10 Å². The monoisotopic (exact) mass is 294 g/mol. The molecule has 1 aromatic heterocycles. The molecule has 116 valence electrons. The van der Waals surface area contributed by atoms with Gasteiger partial charge in [-0.1, -0.05) is 5.21 Å². The van der Waals surface area contributed by atoms with Gasteiger partial charge in [-0.05, 0) is 27.7 Å². The Bertz CT molecular complexity index is 547. The van der Waals surface area contributed by atoms with Crippen molar-refractivity contribution in [2.45, 2.75) is 51.8 Å². The molecule has 0 bridgehead atoms. The number of carbonyl (C=O) groups is 2. The summed E-state index contributed by atoms with van der Waals surface area (Å²) in [6, 6.07) is -0.506. The number of Topliss-reactive ketones (excluding diaryl/α,β-unsaturated/α-hetero) is 1. The van der Waals surface area contributed by atoms with Crippen LogP contribution in [-0.2, 0) is 21.4 Å². The van der Waals surface area contributed by atoms with Gasteiger partial charge in [0.2, 0.25) is 0 Å². The molecule has 7 heteroatoms. The van der Waals surface area contributed by atoms with Gasteiger partial charge in [-0.25, -0.2) is 0 Å². The standard InChI is InChI=1S/C14H22N4O3/c1-8-6-10(19)11(13(20)21-14(2,3)4)12(15-8)9-7-18(5)17-16-9/h7-8,11-12,15H,6H2,1-5H3/t8-,11-,12+/m0/s1. The first-order valence-electron chi connectivity index (χ1n) is 7.05. The van der Waals surface area contributed by atoms with Crippen molar-refractivity contribution < 1.29 is 14.3 Å². The predicted molar refractivity (Wildman–Crippen MR) is 75.3 cm³/mol. The lowest BCUT2D eigenvalue weighted by Gasteiger charge is -2.34. The minimum absolute atomic E-state index is 0.0109. The van der Waals surface area contributed by atoms with Crippen LogP contribution in [0.5, 0.6) is 0 Å². The van der Waals surface area contributed by atoms with Crippen LogP contribution in [0.15, 0.2) is 6.20 Å². The van der Waals surface area contributed by atoms with Gasteiger partial charge >= 0.3 is 5.97 Å². The number of piperidine rings is 1. The van der Waals surface area contributed by atoms with Crippen LogP contribution in [0.3, 0.4) is 0 Å². The third kappa shape index (κ3) is 3.66. The number of aromatic nitrogens is 3. The lowest BCUT2D eigenvalue weighted by molar-refractivity contribution is -0.164. The highest BCUT2D eigenvalue weighted by atomic mass is 16.6. The Morgan fingerprint density at radius 3 is 2.67 bits per heavy atom. The molecular formula is C14H22N4O3. The highest BCUT2D eigenvalue weighted by molar-refractivity contribution is 6.00. The SMILES string of the molecule is C[C@H]1CC(=O)[C@H](C(=O)OC(C)(C)C)[C@@H](c2cn(C)nn2)N1. The fourth-order valence-corrected chi connectivity index (χ4v) is 2.47. The third-order valence-corrected chi connectivity index (χ3v) is 3.25. The van der Waals surface area contributed by atoms with E-state index in [1.807, 2.05) is 6.92 Å². The number of aryl methyl sites for hydroxylation is 1. The molecule has 1 fully saturated rings. The Hall–Kier alpha value is -1.76. The summed E-state index contributed by atoms with van der Waals surface area (Å²) < 4.78 is 6.94. The largest absolute Gasteiger partial charge is 0.459 e. The number of hydrogen-bond acceptors (Lipinski definition) is 6. The molecule has 0 amide bonds. The maximum atomic E-state index is 12.4. The molecule has 1 N–H and O–H groups in total. The zero-order valence-corrected chi connectivity index (χ0v) is 13.1. The first kappa shape index (κ1) is 15.6. The molecule has 0 radical (unpaired) electrons. The fourth-order valence-electron chi connectivity index (χ4n) is 2.47. The summed E-state index contributed by atoms with van der Waals surface area (Å²) in [7, 11) is 1.74. The van der Waals surface area contributed by atoms with Crippen LogP contribution < -0.4 is 5.32 Å². The van der Waals surface area contributed by atoms with E-state index in [-0.39, 0.29) is 11.8 Å². The Labute approximate surface area is 124 Å². The molecule has 1 aliphatic rings. The van der Waals surface area contributed by atoms with Gasteiger partial charge in [0, 0.05) is 25.7 Å². The molecule has 1 aliphatic heterocycles. The van der Waals surface area contributed by atoms with E-state index in [0.717, 1.165) is 0 Å². The van der Waals surface area contributed by atoms with Crippen molar-refractivity contribution in [2.24, 2.45) is 13.0 Å². The number of ketones is 1. The van der Waals surface area contributed by atoms with Crippen LogP contribution in [0.2, 0.25) is 0 Å².